The SMILES string of the molecule is CS(=O)(=O)c1ccc(-c2c[nH]c(=O)n2-c2ccc(F)cc2)cc1. The molecule has 0 aliphatic carbocycles. The van der Waals surface area contributed by atoms with Gasteiger partial charge in [-0.05, 0) is 36.4 Å². The summed E-state index contributed by atoms with van der Waals surface area (Å²) in [7, 11) is -3.28. The van der Waals surface area contributed by atoms with E-state index in [1.165, 1.54) is 47.2 Å². The maximum atomic E-state index is 13.1. The van der Waals surface area contributed by atoms with Crippen LogP contribution in [0.5, 0.6) is 0 Å². The van der Waals surface area contributed by atoms with Gasteiger partial charge in [-0.1, -0.05) is 12.1 Å². The first-order valence-corrected chi connectivity index (χ1v) is 8.62. The number of nitrogens with zero attached hydrogens (tertiary/aromatic N) is 1. The van der Waals surface area contributed by atoms with Crippen LogP contribution in [0.3, 0.4) is 0 Å². The van der Waals surface area contributed by atoms with Crippen molar-refractivity contribution in [3.8, 4) is 16.9 Å². The Bertz CT molecular complexity index is 1000. The van der Waals surface area contributed by atoms with E-state index in [1.807, 2.05) is 0 Å². The maximum Gasteiger partial charge on any atom is 0.330 e. The Hall–Kier alpha value is -2.67. The molecule has 0 radical (unpaired) electrons. The van der Waals surface area contributed by atoms with E-state index in [9.17, 15) is 17.6 Å². The fourth-order valence-electron chi connectivity index (χ4n) is 2.30. The minimum atomic E-state index is -3.28. The molecule has 23 heavy (non-hydrogen) atoms. The number of imidazole rings is 1. The highest BCUT2D eigenvalue weighted by Crippen LogP contribution is 2.22. The second kappa shape index (κ2) is 5.51. The molecule has 0 saturated carbocycles. The van der Waals surface area contributed by atoms with Gasteiger partial charge in [0, 0.05) is 18.0 Å². The van der Waals surface area contributed by atoms with Gasteiger partial charge in [-0.15, -0.1) is 0 Å². The summed E-state index contributed by atoms with van der Waals surface area (Å²) >= 11 is 0. The molecule has 0 amide bonds. The predicted molar refractivity (Wildman–Crippen MR) is 84.9 cm³/mol. The second-order valence-corrected chi connectivity index (χ2v) is 7.10. The number of nitrogens with one attached hydrogen (secondary N) is 1. The van der Waals surface area contributed by atoms with Crippen LogP contribution >= 0.6 is 0 Å². The molecule has 1 aromatic heterocycles. The molecule has 0 saturated heterocycles. The van der Waals surface area contributed by atoms with Gasteiger partial charge in [0.05, 0.1) is 16.3 Å². The lowest BCUT2D eigenvalue weighted by atomic mass is 10.1. The quantitative estimate of drug-likeness (QED) is 0.800. The van der Waals surface area contributed by atoms with Gasteiger partial charge in [0.1, 0.15) is 5.82 Å². The monoisotopic (exact) mass is 332 g/mol. The third-order valence-electron chi connectivity index (χ3n) is 3.44. The molecule has 2 aromatic carbocycles. The first-order valence-electron chi connectivity index (χ1n) is 6.73. The fraction of sp³-hybridized carbons (Fsp3) is 0.0625. The largest absolute Gasteiger partial charge is 0.330 e. The highest BCUT2D eigenvalue weighted by molar-refractivity contribution is 7.90. The lowest BCUT2D eigenvalue weighted by Gasteiger charge is -2.08. The second-order valence-electron chi connectivity index (χ2n) is 5.09. The number of aromatic nitrogens is 2. The molecule has 0 spiro atoms. The smallest absolute Gasteiger partial charge is 0.312 e. The molecule has 0 atom stereocenters. The van der Waals surface area contributed by atoms with E-state index in [0.29, 0.717) is 16.9 Å². The Kier molecular flexibility index (Phi) is 3.65. The molecular weight excluding hydrogens is 319 g/mol. The van der Waals surface area contributed by atoms with Gasteiger partial charge >= 0.3 is 5.69 Å². The number of H-pyrrole nitrogens is 1. The zero-order valence-corrected chi connectivity index (χ0v) is 13.0. The van der Waals surface area contributed by atoms with Crippen LogP contribution in [0.15, 0.2) is 64.4 Å². The van der Waals surface area contributed by atoms with Crippen molar-refractivity contribution < 1.29 is 12.8 Å². The van der Waals surface area contributed by atoms with Crippen molar-refractivity contribution in [3.05, 3.63) is 71.0 Å². The number of rotatable bonds is 3. The third-order valence-corrected chi connectivity index (χ3v) is 4.57. The van der Waals surface area contributed by atoms with Crippen LogP contribution in [-0.4, -0.2) is 24.2 Å². The van der Waals surface area contributed by atoms with Gasteiger partial charge in [0.2, 0.25) is 0 Å². The molecule has 118 valence electrons. The Morgan fingerprint density at radius 2 is 1.61 bits per heavy atom. The number of hydrogen-bond acceptors (Lipinski definition) is 3. The van der Waals surface area contributed by atoms with E-state index in [4.69, 9.17) is 0 Å². The summed E-state index contributed by atoms with van der Waals surface area (Å²) in [6.07, 6.45) is 2.66. The normalized spacial score (nSPS) is 11.6. The van der Waals surface area contributed by atoms with Crippen LogP contribution in [0.25, 0.3) is 16.9 Å². The molecule has 1 N–H and O–H groups in total. The van der Waals surface area contributed by atoms with E-state index in [1.54, 1.807) is 12.1 Å². The summed E-state index contributed by atoms with van der Waals surface area (Å²) in [5.74, 6) is -0.392. The summed E-state index contributed by atoms with van der Waals surface area (Å²) in [5.41, 5.74) is 1.38. The first kappa shape index (κ1) is 15.2. The molecule has 3 aromatic rings. The van der Waals surface area contributed by atoms with Crippen LogP contribution in [-0.2, 0) is 9.84 Å². The number of hydrogen-bond donors (Lipinski definition) is 1. The number of benzene rings is 2. The standard InChI is InChI=1S/C16H13FN2O3S/c1-23(21,22)14-8-2-11(3-9-14)15-10-18-16(20)19(15)13-6-4-12(17)5-7-13/h2-10H,1H3,(H,18,20). The van der Waals surface area contributed by atoms with E-state index in [2.05, 4.69) is 4.98 Å². The number of aromatic amines is 1. The van der Waals surface area contributed by atoms with Crippen molar-refractivity contribution >= 4 is 9.84 Å². The first-order chi connectivity index (χ1) is 10.9. The van der Waals surface area contributed by atoms with E-state index in [-0.39, 0.29) is 10.6 Å². The molecule has 0 unspecified atom stereocenters. The van der Waals surface area contributed by atoms with Crippen LogP contribution in [0.2, 0.25) is 0 Å². The molecular formula is C16H13FN2O3S. The summed E-state index contributed by atoms with van der Waals surface area (Å²) < 4.78 is 37.5. The van der Waals surface area contributed by atoms with Gasteiger partial charge in [-0.3, -0.25) is 4.57 Å². The highest BCUT2D eigenvalue weighted by Gasteiger charge is 2.12. The topological polar surface area (TPSA) is 71.9 Å². The molecule has 7 heteroatoms. The predicted octanol–water partition coefficient (Wildman–Crippen LogP) is 2.38. The molecule has 0 bridgehead atoms. The maximum absolute atomic E-state index is 13.1. The average Bonchev–Trinajstić information content (AvgIpc) is 2.89. The lowest BCUT2D eigenvalue weighted by molar-refractivity contribution is 0.602. The Morgan fingerprint density at radius 3 is 2.17 bits per heavy atom. The van der Waals surface area contributed by atoms with Crippen molar-refractivity contribution in [1.29, 1.82) is 0 Å². The van der Waals surface area contributed by atoms with Gasteiger partial charge in [0.15, 0.2) is 9.84 Å². The van der Waals surface area contributed by atoms with E-state index >= 15 is 0 Å². The van der Waals surface area contributed by atoms with Crippen molar-refractivity contribution in [1.82, 2.24) is 9.55 Å². The molecule has 0 aliphatic heterocycles. The Balaban J connectivity index is 2.12. The van der Waals surface area contributed by atoms with Gasteiger partial charge in [-0.25, -0.2) is 17.6 Å². The van der Waals surface area contributed by atoms with Crippen molar-refractivity contribution in [2.75, 3.05) is 6.26 Å². The molecule has 3 rings (SSSR count). The minimum Gasteiger partial charge on any atom is -0.312 e. The lowest BCUT2D eigenvalue weighted by Crippen LogP contribution is -2.15. The molecule has 0 fully saturated rings. The zero-order valence-electron chi connectivity index (χ0n) is 12.2. The Morgan fingerprint density at radius 1 is 1.00 bits per heavy atom. The van der Waals surface area contributed by atoms with E-state index in [0.717, 1.165) is 6.26 Å². The number of halogens is 1. The highest BCUT2D eigenvalue weighted by atomic mass is 32.2. The summed E-state index contributed by atoms with van der Waals surface area (Å²) in [6, 6.07) is 11.8. The summed E-state index contributed by atoms with van der Waals surface area (Å²) in [6.45, 7) is 0. The molecule has 1 heterocycles. The van der Waals surface area contributed by atoms with Gasteiger partial charge < -0.3 is 4.98 Å². The van der Waals surface area contributed by atoms with Crippen LogP contribution in [0, 0.1) is 5.82 Å². The molecule has 5 nitrogen and oxygen atoms in total. The fourth-order valence-corrected chi connectivity index (χ4v) is 2.93. The zero-order chi connectivity index (χ0) is 16.6. The third kappa shape index (κ3) is 2.95. The summed E-state index contributed by atoms with van der Waals surface area (Å²) in [4.78, 5) is 14.8. The van der Waals surface area contributed by atoms with Gasteiger partial charge in [-0.2, -0.15) is 0 Å². The number of sulfone groups is 1. The average molecular weight is 332 g/mol. The van der Waals surface area contributed by atoms with Crippen molar-refractivity contribution in [3.63, 3.8) is 0 Å². The van der Waals surface area contributed by atoms with Crippen LogP contribution in [0.1, 0.15) is 0 Å². The van der Waals surface area contributed by atoms with Gasteiger partial charge in [0.25, 0.3) is 0 Å². The van der Waals surface area contributed by atoms with Crippen molar-refractivity contribution in [2.45, 2.75) is 4.90 Å². The molecule has 0 aliphatic rings. The van der Waals surface area contributed by atoms with Crippen molar-refractivity contribution in [2.24, 2.45) is 0 Å². The van der Waals surface area contributed by atoms with E-state index < -0.39 is 15.7 Å². The minimum absolute atomic E-state index is 0.201. The summed E-state index contributed by atoms with van der Waals surface area (Å²) in [5, 5.41) is 0. The Labute approximate surface area is 132 Å². The van der Waals surface area contributed by atoms with Crippen LogP contribution in [0.4, 0.5) is 4.39 Å². The van der Waals surface area contributed by atoms with Crippen LogP contribution < -0.4 is 5.69 Å².